The largest absolute Gasteiger partial charge is 0.494 e. The number of halogens is 1. The summed E-state index contributed by atoms with van der Waals surface area (Å²) in [5, 5.41) is 0. The highest BCUT2D eigenvalue weighted by molar-refractivity contribution is 5.98. The van der Waals surface area contributed by atoms with Gasteiger partial charge in [0.2, 0.25) is 0 Å². The molecule has 6 nitrogen and oxygen atoms in total. The molecular weight excluding hydrogens is 413 g/mol. The van der Waals surface area contributed by atoms with Crippen LogP contribution in [0.2, 0.25) is 0 Å². The number of carbonyl (C=O) groups excluding carboxylic acids is 2. The number of hydrogen-bond donors (Lipinski definition) is 0. The van der Waals surface area contributed by atoms with Crippen LogP contribution in [0.5, 0.6) is 5.75 Å². The van der Waals surface area contributed by atoms with Gasteiger partial charge >= 0.3 is 11.9 Å². The Labute approximate surface area is 186 Å². The first kappa shape index (κ1) is 23.1. The van der Waals surface area contributed by atoms with Gasteiger partial charge in [0.1, 0.15) is 11.6 Å². The number of ether oxygens (including phenoxy) is 3. The molecule has 0 aliphatic carbocycles. The number of benzene rings is 2. The topological polar surface area (TPSA) is 65.1 Å². The van der Waals surface area contributed by atoms with Crippen molar-refractivity contribution in [1.82, 2.24) is 4.90 Å². The van der Waals surface area contributed by atoms with Gasteiger partial charge in [-0.2, -0.15) is 0 Å². The zero-order chi connectivity index (χ0) is 23.1. The van der Waals surface area contributed by atoms with Gasteiger partial charge in [-0.1, -0.05) is 31.2 Å². The van der Waals surface area contributed by atoms with Gasteiger partial charge in [-0.15, -0.1) is 0 Å². The molecule has 7 heteroatoms. The van der Waals surface area contributed by atoms with Gasteiger partial charge in [0.15, 0.2) is 0 Å². The summed E-state index contributed by atoms with van der Waals surface area (Å²) in [6.45, 7) is 2.95. The zero-order valence-electron chi connectivity index (χ0n) is 18.3. The molecule has 0 amide bonds. The molecule has 0 bridgehead atoms. The Morgan fingerprint density at radius 2 is 1.47 bits per heavy atom. The first-order valence-corrected chi connectivity index (χ1v) is 10.3. The average molecular weight is 439 g/mol. The highest BCUT2D eigenvalue weighted by Gasteiger charge is 2.35. The lowest BCUT2D eigenvalue weighted by molar-refractivity contribution is -0.137. The van der Waals surface area contributed by atoms with Crippen LogP contribution in [0.4, 0.5) is 4.39 Å². The van der Waals surface area contributed by atoms with E-state index in [1.807, 2.05) is 19.1 Å². The molecule has 2 aromatic carbocycles. The van der Waals surface area contributed by atoms with Crippen molar-refractivity contribution >= 4 is 11.9 Å². The van der Waals surface area contributed by atoms with E-state index in [1.165, 1.54) is 26.4 Å². The molecule has 3 rings (SSSR count). The second-order valence-electron chi connectivity index (χ2n) is 7.30. The molecule has 32 heavy (non-hydrogen) atoms. The molecule has 0 spiro atoms. The Hall–Kier alpha value is -3.61. The Morgan fingerprint density at radius 1 is 0.906 bits per heavy atom. The van der Waals surface area contributed by atoms with Crippen molar-refractivity contribution in [3.63, 3.8) is 0 Å². The fraction of sp³-hybridized carbons (Fsp3) is 0.280. The lowest BCUT2D eigenvalue weighted by Crippen LogP contribution is -2.28. The summed E-state index contributed by atoms with van der Waals surface area (Å²) in [4.78, 5) is 27.1. The third-order valence-electron chi connectivity index (χ3n) is 5.04. The van der Waals surface area contributed by atoms with E-state index in [0.717, 1.165) is 17.5 Å². The van der Waals surface area contributed by atoms with Gasteiger partial charge in [-0.3, -0.25) is 0 Å². The van der Waals surface area contributed by atoms with E-state index >= 15 is 0 Å². The van der Waals surface area contributed by atoms with Gasteiger partial charge in [-0.05, 0) is 41.8 Å². The van der Waals surface area contributed by atoms with E-state index < -0.39 is 17.9 Å². The van der Waals surface area contributed by atoms with Crippen molar-refractivity contribution in [3.8, 4) is 5.75 Å². The molecule has 0 aromatic heterocycles. The van der Waals surface area contributed by atoms with E-state index in [9.17, 15) is 14.0 Å². The van der Waals surface area contributed by atoms with E-state index in [-0.39, 0.29) is 5.82 Å². The SMILES string of the molecule is CCCOc1ccc(C2C(C(=O)OC)=CN(Cc3ccc(F)cc3)C=C2C(=O)OC)cc1. The summed E-state index contributed by atoms with van der Waals surface area (Å²) in [6, 6.07) is 13.3. The van der Waals surface area contributed by atoms with Crippen molar-refractivity contribution < 1.29 is 28.2 Å². The maximum absolute atomic E-state index is 13.3. The number of carbonyl (C=O) groups is 2. The summed E-state index contributed by atoms with van der Waals surface area (Å²) in [5.41, 5.74) is 2.12. The van der Waals surface area contributed by atoms with Gasteiger partial charge < -0.3 is 19.1 Å². The van der Waals surface area contributed by atoms with Gasteiger partial charge in [-0.25, -0.2) is 14.0 Å². The summed E-state index contributed by atoms with van der Waals surface area (Å²) in [7, 11) is 2.59. The summed E-state index contributed by atoms with van der Waals surface area (Å²) >= 11 is 0. The van der Waals surface area contributed by atoms with Crippen LogP contribution in [0.15, 0.2) is 72.1 Å². The monoisotopic (exact) mass is 439 g/mol. The summed E-state index contributed by atoms with van der Waals surface area (Å²) in [5.74, 6) is -1.41. The Kier molecular flexibility index (Phi) is 7.65. The maximum atomic E-state index is 13.3. The molecule has 0 saturated carbocycles. The minimum atomic E-state index is -0.667. The van der Waals surface area contributed by atoms with E-state index in [1.54, 1.807) is 41.6 Å². The van der Waals surface area contributed by atoms with Crippen LogP contribution in [-0.2, 0) is 25.6 Å². The highest BCUT2D eigenvalue weighted by Crippen LogP contribution is 2.38. The Balaban J connectivity index is 1.99. The molecule has 1 heterocycles. The van der Waals surface area contributed by atoms with Crippen LogP contribution in [0, 0.1) is 5.82 Å². The second-order valence-corrected chi connectivity index (χ2v) is 7.30. The number of methoxy groups -OCH3 is 2. The van der Waals surface area contributed by atoms with Crippen molar-refractivity contribution in [2.45, 2.75) is 25.8 Å². The van der Waals surface area contributed by atoms with Crippen LogP contribution in [0.25, 0.3) is 0 Å². The number of esters is 2. The standard InChI is InChI=1S/C25H26FNO5/c1-4-13-32-20-11-7-18(8-12-20)23-21(24(28)30-2)15-27(16-22(23)25(29)31-3)14-17-5-9-19(26)10-6-17/h5-12,15-16,23H,4,13-14H2,1-3H3. The molecular formula is C25H26FNO5. The second kappa shape index (κ2) is 10.6. The quantitative estimate of drug-likeness (QED) is 0.571. The molecule has 2 aromatic rings. The third-order valence-corrected chi connectivity index (χ3v) is 5.04. The first-order chi connectivity index (χ1) is 15.5. The minimum absolute atomic E-state index is 0.291. The number of rotatable bonds is 8. The number of hydrogen-bond acceptors (Lipinski definition) is 6. The lowest BCUT2D eigenvalue weighted by Gasteiger charge is -2.30. The molecule has 0 radical (unpaired) electrons. The van der Waals surface area contributed by atoms with Crippen LogP contribution in [-0.4, -0.2) is 37.7 Å². The first-order valence-electron chi connectivity index (χ1n) is 10.3. The Morgan fingerprint density at radius 3 is 1.97 bits per heavy atom. The van der Waals surface area contributed by atoms with Gasteiger partial charge in [0.05, 0.1) is 37.9 Å². The van der Waals surface area contributed by atoms with Gasteiger partial charge in [0.25, 0.3) is 0 Å². The smallest absolute Gasteiger partial charge is 0.336 e. The maximum Gasteiger partial charge on any atom is 0.336 e. The third kappa shape index (κ3) is 5.35. The van der Waals surface area contributed by atoms with Crippen LogP contribution in [0.1, 0.15) is 30.4 Å². The van der Waals surface area contributed by atoms with Crippen molar-refractivity contribution in [2.24, 2.45) is 0 Å². The van der Waals surface area contributed by atoms with E-state index in [4.69, 9.17) is 14.2 Å². The molecule has 0 N–H and O–H groups in total. The van der Waals surface area contributed by atoms with Crippen molar-refractivity contribution in [2.75, 3.05) is 20.8 Å². The van der Waals surface area contributed by atoms with Crippen LogP contribution in [0.3, 0.4) is 0 Å². The fourth-order valence-corrected chi connectivity index (χ4v) is 3.52. The average Bonchev–Trinajstić information content (AvgIpc) is 2.83. The van der Waals surface area contributed by atoms with Crippen LogP contribution >= 0.6 is 0 Å². The normalized spacial score (nSPS) is 13.8. The summed E-state index contributed by atoms with van der Waals surface area (Å²) in [6.07, 6.45) is 4.18. The molecule has 0 unspecified atom stereocenters. The van der Waals surface area contributed by atoms with Gasteiger partial charge in [0, 0.05) is 18.9 Å². The van der Waals surface area contributed by atoms with Crippen molar-refractivity contribution in [1.29, 1.82) is 0 Å². The number of nitrogens with zero attached hydrogens (tertiary/aromatic N) is 1. The molecule has 0 fully saturated rings. The molecule has 1 aliphatic rings. The minimum Gasteiger partial charge on any atom is -0.494 e. The van der Waals surface area contributed by atoms with E-state index in [0.29, 0.717) is 30.0 Å². The molecule has 1 aliphatic heterocycles. The predicted octanol–water partition coefficient (Wildman–Crippen LogP) is 4.33. The Bertz CT molecular complexity index is 978. The molecule has 168 valence electrons. The lowest BCUT2D eigenvalue weighted by atomic mass is 9.83. The predicted molar refractivity (Wildman–Crippen MR) is 117 cm³/mol. The fourth-order valence-electron chi connectivity index (χ4n) is 3.52. The van der Waals surface area contributed by atoms with Crippen molar-refractivity contribution in [3.05, 3.63) is 89.0 Å². The summed E-state index contributed by atoms with van der Waals surface area (Å²) < 4.78 is 28.9. The van der Waals surface area contributed by atoms with Crippen LogP contribution < -0.4 is 4.74 Å². The zero-order valence-corrected chi connectivity index (χ0v) is 18.3. The highest BCUT2D eigenvalue weighted by atomic mass is 19.1. The van der Waals surface area contributed by atoms with E-state index in [2.05, 4.69) is 0 Å². The molecule has 0 saturated heterocycles. The molecule has 0 atom stereocenters.